The first-order valence-corrected chi connectivity index (χ1v) is 6.89. The van der Waals surface area contributed by atoms with E-state index in [-0.39, 0.29) is 24.4 Å². The molecular formula is C15H21ClN2O2. The van der Waals surface area contributed by atoms with Crippen molar-refractivity contribution in [1.82, 2.24) is 4.90 Å². The first-order chi connectivity index (χ1) is 9.19. The molecular weight excluding hydrogens is 276 g/mol. The number of carbonyl (C=O) groups is 1. The van der Waals surface area contributed by atoms with E-state index in [1.807, 2.05) is 23.1 Å². The van der Waals surface area contributed by atoms with Crippen LogP contribution in [0.25, 0.3) is 0 Å². The average Bonchev–Trinajstić information content (AvgIpc) is 3.02. The van der Waals surface area contributed by atoms with Crippen molar-refractivity contribution < 1.29 is 9.53 Å². The molecule has 2 unspecified atom stereocenters. The molecule has 1 saturated heterocycles. The summed E-state index contributed by atoms with van der Waals surface area (Å²) in [6.45, 7) is 4.83. The van der Waals surface area contributed by atoms with Gasteiger partial charge in [-0.25, -0.2) is 0 Å². The van der Waals surface area contributed by atoms with Crippen LogP contribution in [-0.2, 0) is 18.0 Å². The normalized spacial score (nSPS) is 24.4. The number of ether oxygens (including phenoxy) is 1. The van der Waals surface area contributed by atoms with E-state index >= 15 is 0 Å². The number of halogens is 1. The Balaban J connectivity index is 0.00000147. The lowest BCUT2D eigenvalue weighted by atomic mass is 10.1. The number of nitrogens with two attached hydrogens (primary N) is 1. The van der Waals surface area contributed by atoms with Crippen molar-refractivity contribution in [3.63, 3.8) is 0 Å². The number of carbonyl (C=O) groups excluding carboxylic acids is 1. The molecule has 1 aromatic carbocycles. The molecule has 2 aliphatic rings. The number of benzene rings is 1. The maximum atomic E-state index is 12.6. The van der Waals surface area contributed by atoms with Gasteiger partial charge < -0.3 is 15.4 Å². The Labute approximate surface area is 125 Å². The minimum Gasteiger partial charge on any atom is -0.372 e. The lowest BCUT2D eigenvalue weighted by Crippen LogP contribution is -2.34. The van der Waals surface area contributed by atoms with Crippen LogP contribution in [0.15, 0.2) is 18.2 Å². The monoisotopic (exact) mass is 296 g/mol. The number of likely N-dealkylation sites (tertiary alicyclic amines) is 1. The van der Waals surface area contributed by atoms with E-state index in [1.54, 1.807) is 0 Å². The predicted molar refractivity (Wildman–Crippen MR) is 79.8 cm³/mol. The van der Waals surface area contributed by atoms with Crippen molar-refractivity contribution in [2.24, 2.45) is 11.7 Å². The number of hydrogen-bond acceptors (Lipinski definition) is 3. The van der Waals surface area contributed by atoms with E-state index < -0.39 is 0 Å². The van der Waals surface area contributed by atoms with Crippen molar-refractivity contribution >= 4 is 18.3 Å². The van der Waals surface area contributed by atoms with Crippen molar-refractivity contribution in [1.29, 1.82) is 0 Å². The highest BCUT2D eigenvalue weighted by molar-refractivity contribution is 5.95. The summed E-state index contributed by atoms with van der Waals surface area (Å²) in [7, 11) is 0. The first kappa shape index (κ1) is 15.3. The molecule has 2 N–H and O–H groups in total. The van der Waals surface area contributed by atoms with Crippen LogP contribution in [0, 0.1) is 5.92 Å². The first-order valence-electron chi connectivity index (χ1n) is 6.89. The van der Waals surface area contributed by atoms with E-state index in [1.165, 1.54) is 5.56 Å². The van der Waals surface area contributed by atoms with Crippen molar-refractivity contribution in [3.8, 4) is 0 Å². The highest BCUT2D eigenvalue weighted by Gasteiger charge is 2.32. The minimum atomic E-state index is 0. The molecule has 1 amide bonds. The van der Waals surface area contributed by atoms with Crippen LogP contribution in [0.3, 0.4) is 0 Å². The van der Waals surface area contributed by atoms with Gasteiger partial charge in [-0.05, 0) is 49.1 Å². The molecule has 0 radical (unpaired) electrons. The fraction of sp³-hybridized carbons (Fsp3) is 0.533. The van der Waals surface area contributed by atoms with Crippen molar-refractivity contribution in [2.45, 2.75) is 32.6 Å². The summed E-state index contributed by atoms with van der Waals surface area (Å²) < 4.78 is 5.39. The summed E-state index contributed by atoms with van der Waals surface area (Å²) in [6.07, 6.45) is 1.01. The largest absolute Gasteiger partial charge is 0.372 e. The minimum absolute atomic E-state index is 0. The maximum absolute atomic E-state index is 12.6. The highest BCUT2D eigenvalue weighted by atomic mass is 35.5. The van der Waals surface area contributed by atoms with E-state index in [2.05, 4.69) is 6.92 Å². The zero-order chi connectivity index (χ0) is 13.4. The lowest BCUT2D eigenvalue weighted by molar-refractivity contribution is 0.0743. The van der Waals surface area contributed by atoms with Gasteiger partial charge >= 0.3 is 0 Å². The van der Waals surface area contributed by atoms with Crippen LogP contribution < -0.4 is 5.73 Å². The third-order valence-electron chi connectivity index (χ3n) is 4.22. The molecule has 0 spiro atoms. The number of hydrogen-bond donors (Lipinski definition) is 1. The van der Waals surface area contributed by atoms with Gasteiger partial charge in [0, 0.05) is 18.2 Å². The summed E-state index contributed by atoms with van der Waals surface area (Å²) in [5, 5.41) is 0. The molecule has 1 aromatic rings. The van der Waals surface area contributed by atoms with Crippen molar-refractivity contribution in [2.75, 3.05) is 13.1 Å². The molecule has 3 rings (SSSR count). The van der Waals surface area contributed by atoms with Gasteiger partial charge in [0.1, 0.15) is 0 Å². The van der Waals surface area contributed by atoms with E-state index in [0.29, 0.717) is 25.7 Å². The standard InChI is InChI=1S/C15H20N2O2.ClH/c1-10-4-11(6-16)7-17(10)15(18)12-2-3-13-8-19-9-14(13)5-12;/h2-3,5,10-11H,4,6-9,16H2,1H3;1H. The van der Waals surface area contributed by atoms with Crippen LogP contribution in [0.1, 0.15) is 34.8 Å². The topological polar surface area (TPSA) is 55.6 Å². The van der Waals surface area contributed by atoms with Gasteiger partial charge in [-0.2, -0.15) is 0 Å². The highest BCUT2D eigenvalue weighted by Crippen LogP contribution is 2.26. The van der Waals surface area contributed by atoms with Gasteiger partial charge in [0.15, 0.2) is 0 Å². The summed E-state index contributed by atoms with van der Waals surface area (Å²) in [4.78, 5) is 14.5. The fourth-order valence-electron chi connectivity index (χ4n) is 3.07. The quantitative estimate of drug-likeness (QED) is 0.907. The number of rotatable bonds is 2. The molecule has 4 nitrogen and oxygen atoms in total. The Morgan fingerprint density at radius 3 is 2.85 bits per heavy atom. The van der Waals surface area contributed by atoms with Crippen molar-refractivity contribution in [3.05, 3.63) is 34.9 Å². The smallest absolute Gasteiger partial charge is 0.254 e. The summed E-state index contributed by atoms with van der Waals surface area (Å²) in [5.41, 5.74) is 8.83. The van der Waals surface area contributed by atoms with Crippen LogP contribution in [0.5, 0.6) is 0 Å². The Morgan fingerprint density at radius 2 is 2.15 bits per heavy atom. The summed E-state index contributed by atoms with van der Waals surface area (Å²) >= 11 is 0. The summed E-state index contributed by atoms with van der Waals surface area (Å²) in [6, 6.07) is 6.19. The summed E-state index contributed by atoms with van der Waals surface area (Å²) in [5.74, 6) is 0.565. The second-order valence-corrected chi connectivity index (χ2v) is 5.62. The fourth-order valence-corrected chi connectivity index (χ4v) is 3.07. The molecule has 0 aromatic heterocycles. The molecule has 20 heavy (non-hydrogen) atoms. The molecule has 2 heterocycles. The molecule has 110 valence electrons. The number of amides is 1. The number of nitrogens with zero attached hydrogens (tertiary/aromatic N) is 1. The van der Waals surface area contributed by atoms with Crippen LogP contribution in [0.2, 0.25) is 0 Å². The Hall–Kier alpha value is -1.10. The molecule has 2 atom stereocenters. The zero-order valence-corrected chi connectivity index (χ0v) is 12.5. The lowest BCUT2D eigenvalue weighted by Gasteiger charge is -2.21. The van der Waals surface area contributed by atoms with E-state index in [0.717, 1.165) is 24.1 Å². The molecule has 5 heteroatoms. The van der Waals surface area contributed by atoms with E-state index in [9.17, 15) is 4.79 Å². The zero-order valence-electron chi connectivity index (χ0n) is 11.7. The molecule has 2 aliphatic heterocycles. The van der Waals surface area contributed by atoms with Gasteiger partial charge in [-0.1, -0.05) is 6.07 Å². The average molecular weight is 297 g/mol. The van der Waals surface area contributed by atoms with Crippen LogP contribution in [0.4, 0.5) is 0 Å². The molecule has 1 fully saturated rings. The second-order valence-electron chi connectivity index (χ2n) is 5.62. The van der Waals surface area contributed by atoms with Gasteiger partial charge in [-0.15, -0.1) is 12.4 Å². The Morgan fingerprint density at radius 1 is 1.40 bits per heavy atom. The van der Waals surface area contributed by atoms with Crippen LogP contribution >= 0.6 is 12.4 Å². The third-order valence-corrected chi connectivity index (χ3v) is 4.22. The molecule has 0 bridgehead atoms. The Bertz CT molecular complexity index is 507. The van der Waals surface area contributed by atoms with E-state index in [4.69, 9.17) is 10.5 Å². The maximum Gasteiger partial charge on any atom is 0.254 e. The molecule has 0 saturated carbocycles. The van der Waals surface area contributed by atoms with Gasteiger partial charge in [0.25, 0.3) is 5.91 Å². The Kier molecular flexibility index (Phi) is 4.68. The van der Waals surface area contributed by atoms with Gasteiger partial charge in [0.05, 0.1) is 13.2 Å². The SMILES string of the molecule is CC1CC(CN)CN1C(=O)c1ccc2c(c1)COC2.Cl. The molecule has 0 aliphatic carbocycles. The van der Waals surface area contributed by atoms with Gasteiger partial charge in [-0.3, -0.25) is 4.79 Å². The number of fused-ring (bicyclic) bond motifs is 1. The third kappa shape index (κ3) is 2.68. The second kappa shape index (κ2) is 6.12. The van der Waals surface area contributed by atoms with Crippen LogP contribution in [-0.4, -0.2) is 29.9 Å². The van der Waals surface area contributed by atoms with Gasteiger partial charge in [0.2, 0.25) is 0 Å². The predicted octanol–water partition coefficient (Wildman–Crippen LogP) is 1.95.